The molecule has 0 heterocycles. The zero-order valence-corrected chi connectivity index (χ0v) is 4.06. The molecule has 0 N–H and O–H groups in total. The van der Waals surface area contributed by atoms with E-state index in [1.807, 2.05) is 5.76 Å². The van der Waals surface area contributed by atoms with Crippen LogP contribution in [-0.2, 0) is 0 Å². The van der Waals surface area contributed by atoms with Crippen molar-refractivity contribution in [2.45, 2.75) is 0 Å². The Balaban J connectivity index is 3.11. The molecule has 19 valence electrons. The first kappa shape index (κ1) is 4.37. The summed E-state index contributed by atoms with van der Waals surface area (Å²) in [6, 6.07) is 0. The van der Waals surface area contributed by atoms with Crippen molar-refractivity contribution in [2.24, 2.45) is 3.21 Å². The van der Waals surface area contributed by atoms with Crippen molar-refractivity contribution in [2.75, 3.05) is 0 Å². The van der Waals surface area contributed by atoms with Crippen LogP contribution in [-0.4, -0.2) is 13.2 Å². The molecule has 1 nitrogen and oxygen atoms in total. The molecule has 0 saturated heterocycles. The number of hydrogen-bond acceptors (Lipinski definition) is 1. The molecule has 0 aliphatic rings. The molecule has 0 rings (SSSR count). The van der Waals surface area contributed by atoms with Crippen LogP contribution in [0.1, 0.15) is 0 Å². The molecule has 0 spiro atoms. The van der Waals surface area contributed by atoms with Crippen molar-refractivity contribution in [3.05, 3.63) is 0 Å². The van der Waals surface area contributed by atoms with Gasteiger partial charge in [-0.3, -0.25) is 0 Å². The molecule has 0 fully saturated rings. The van der Waals surface area contributed by atoms with Gasteiger partial charge in [-0.15, -0.1) is 0 Å². The molecule has 0 bridgehead atoms. The monoisotopic (exact) mass is 164 g/mol. The van der Waals surface area contributed by atoms with E-state index in [1.54, 1.807) is 22.9 Å². The van der Waals surface area contributed by atoms with Crippen LogP contribution in [0.3, 0.4) is 0 Å². The molecule has 0 amide bonds. The minimum atomic E-state index is 1.74. The summed E-state index contributed by atoms with van der Waals surface area (Å²) in [6.45, 7) is 0. The van der Waals surface area contributed by atoms with E-state index in [-0.39, 0.29) is 0 Å². The van der Waals surface area contributed by atoms with E-state index in [0.717, 1.165) is 0 Å². The Morgan fingerprint density at radius 1 is 2.00 bits per heavy atom. The van der Waals surface area contributed by atoms with Crippen LogP contribution in [0.15, 0.2) is 3.21 Å². The molecule has 0 aromatic rings. The fourth-order valence-electron chi connectivity index (χ4n) is 0. The van der Waals surface area contributed by atoms with Gasteiger partial charge in [0.25, 0.3) is 0 Å². The zero-order valence-electron chi connectivity index (χ0n) is 1.90. The van der Waals surface area contributed by atoms with Gasteiger partial charge in [-0.1, -0.05) is 0 Å². The first-order valence-electron chi connectivity index (χ1n) is 0.681. The summed E-state index contributed by atoms with van der Waals surface area (Å²) >= 11 is 1.74. The number of rotatable bonds is 0. The van der Waals surface area contributed by atoms with Gasteiger partial charge in [-0.25, -0.2) is 0 Å². The van der Waals surface area contributed by atoms with Gasteiger partial charge in [0.2, 0.25) is 0 Å². The van der Waals surface area contributed by atoms with E-state index >= 15 is 0 Å². The first-order valence-corrected chi connectivity index (χ1v) is 1.65. The van der Waals surface area contributed by atoms with Crippen LogP contribution in [0.25, 0.3) is 0 Å². The van der Waals surface area contributed by atoms with E-state index < -0.39 is 0 Å². The van der Waals surface area contributed by atoms with Gasteiger partial charge in [-0.2, -0.15) is 0 Å². The summed E-state index contributed by atoms with van der Waals surface area (Å²) in [7, 11) is 4.60. The van der Waals surface area contributed by atoms with Crippen molar-refractivity contribution in [3.8, 4) is 0 Å². The summed E-state index contributed by atoms with van der Waals surface area (Å²) in [5.41, 5.74) is 0. The van der Waals surface area contributed by atoms with Gasteiger partial charge in [0.1, 0.15) is 0 Å². The molecular weight excluding hydrogens is 164 g/mol. The normalized spacial score (nSPS) is 4.00. The van der Waals surface area contributed by atoms with Gasteiger partial charge in [0.05, 0.1) is 0 Å². The molecule has 0 saturated carbocycles. The Morgan fingerprint density at radius 2 is 2.25 bits per heavy atom. The fraction of sp³-hybridized carbons (Fsp3) is 0. The molecule has 0 unspecified atom stereocenters. The molecule has 0 aromatic heterocycles. The van der Waals surface area contributed by atoms with Gasteiger partial charge in [-0.05, 0) is 0 Å². The number of nitrogens with zero attached hydrogens (tertiary/aromatic N) is 1. The van der Waals surface area contributed by atoms with Crippen LogP contribution in [0.4, 0.5) is 0 Å². The summed E-state index contributed by atoms with van der Waals surface area (Å²) in [5.74, 6) is 2.04. The number of halogens is 1. The molecular formula is CBIN. The average Bonchev–Trinajstić information content (AvgIpc) is 1.37. The van der Waals surface area contributed by atoms with Crippen molar-refractivity contribution < 1.29 is 0 Å². The summed E-state index contributed by atoms with van der Waals surface area (Å²) in [4.78, 5) is 0. The predicted octanol–water partition coefficient (Wildman–Crippen LogP) is 0.410. The predicted molar refractivity (Wildman–Crippen MR) is 27.2 cm³/mol. The van der Waals surface area contributed by atoms with Crippen LogP contribution >= 0.6 is 22.9 Å². The third-order valence-corrected chi connectivity index (χ3v) is 0.327. The van der Waals surface area contributed by atoms with E-state index in [0.29, 0.717) is 0 Å². The molecule has 0 aliphatic heterocycles. The van der Waals surface area contributed by atoms with Crippen LogP contribution in [0.2, 0.25) is 0 Å². The SMILES string of the molecule is [B]=C=NI. The van der Waals surface area contributed by atoms with Crippen LogP contribution < -0.4 is 0 Å². The first-order chi connectivity index (χ1) is 1.91. The van der Waals surface area contributed by atoms with Crippen molar-refractivity contribution in [3.63, 3.8) is 0 Å². The maximum absolute atomic E-state index is 4.60. The van der Waals surface area contributed by atoms with Crippen molar-refractivity contribution in [1.29, 1.82) is 0 Å². The van der Waals surface area contributed by atoms with E-state index in [4.69, 9.17) is 0 Å². The van der Waals surface area contributed by atoms with E-state index in [2.05, 4.69) is 10.7 Å². The van der Waals surface area contributed by atoms with Gasteiger partial charge in [0, 0.05) is 0 Å². The molecule has 4 heavy (non-hydrogen) atoms. The third kappa shape index (κ3) is 2.37. The maximum atomic E-state index is 4.60. The standard InChI is InChI=1S/CBIN/c2-1-4-3. The molecule has 1 radical (unpaired) electrons. The fourth-order valence-corrected chi connectivity index (χ4v) is 0. The summed E-state index contributed by atoms with van der Waals surface area (Å²) < 4.78 is 3.23. The Hall–Kier alpha value is 0.375. The topological polar surface area (TPSA) is 12.4 Å². The van der Waals surface area contributed by atoms with Crippen molar-refractivity contribution in [1.82, 2.24) is 0 Å². The van der Waals surface area contributed by atoms with Gasteiger partial charge >= 0.3 is 39.3 Å². The van der Waals surface area contributed by atoms with Crippen LogP contribution in [0, 0.1) is 0 Å². The van der Waals surface area contributed by atoms with E-state index in [1.165, 1.54) is 0 Å². The van der Waals surface area contributed by atoms with Crippen molar-refractivity contribution >= 4 is 36.1 Å². The van der Waals surface area contributed by atoms with E-state index in [9.17, 15) is 0 Å². The zero-order chi connectivity index (χ0) is 3.41. The Kier molecular flexibility index (Phi) is 3.69. The van der Waals surface area contributed by atoms with Crippen LogP contribution in [0.5, 0.6) is 0 Å². The Labute approximate surface area is 39.7 Å². The second-order valence-corrected chi connectivity index (χ2v) is 0.696. The summed E-state index contributed by atoms with van der Waals surface area (Å²) in [5, 5.41) is 0. The molecule has 0 aliphatic carbocycles. The third-order valence-electron chi connectivity index (χ3n) is 0.0488. The molecule has 0 aromatic carbocycles. The van der Waals surface area contributed by atoms with Gasteiger partial charge in [0.15, 0.2) is 0 Å². The van der Waals surface area contributed by atoms with Gasteiger partial charge < -0.3 is 0 Å². The quantitative estimate of drug-likeness (QED) is 0.279. The number of hydrogen-bond donors (Lipinski definition) is 0. The molecule has 0 atom stereocenters. The Morgan fingerprint density at radius 3 is 2.25 bits per heavy atom. The summed E-state index contributed by atoms with van der Waals surface area (Å²) in [6.07, 6.45) is 0. The second-order valence-electron chi connectivity index (χ2n) is 0.214. The Bertz CT molecular complexity index is 46.0. The average molecular weight is 164 g/mol. The second kappa shape index (κ2) is 3.37. The minimum absolute atomic E-state index is 1.74. The molecule has 3 heteroatoms.